The Hall–Kier alpha value is -2.72. The van der Waals surface area contributed by atoms with Crippen LogP contribution in [0.25, 0.3) is 0 Å². The predicted molar refractivity (Wildman–Crippen MR) is 71.6 cm³/mol. The third-order valence-corrected chi connectivity index (χ3v) is 3.29. The fourth-order valence-corrected chi connectivity index (χ4v) is 2.44. The van der Waals surface area contributed by atoms with Gasteiger partial charge in [0.05, 0.1) is 12.5 Å². The first-order valence-corrected chi connectivity index (χ1v) is 6.48. The van der Waals surface area contributed by atoms with Crippen LogP contribution in [0.2, 0.25) is 0 Å². The summed E-state index contributed by atoms with van der Waals surface area (Å²) in [5, 5.41) is 0. The van der Waals surface area contributed by atoms with Crippen molar-refractivity contribution in [1.82, 2.24) is 4.90 Å². The van der Waals surface area contributed by atoms with Crippen LogP contribution in [0, 0.1) is 11.6 Å². The smallest absolute Gasteiger partial charge is 0.370 e. The summed E-state index contributed by atoms with van der Waals surface area (Å²) in [6.07, 6.45) is -5.48. The second kappa shape index (κ2) is 6.06. The number of alkyl halides is 3. The molecule has 2 rings (SSSR count). The van der Waals surface area contributed by atoms with Crippen LogP contribution < -0.4 is 11.5 Å². The zero-order chi connectivity index (χ0) is 18.2. The van der Waals surface area contributed by atoms with Crippen molar-refractivity contribution in [1.29, 1.82) is 0 Å². The molecule has 1 unspecified atom stereocenters. The van der Waals surface area contributed by atoms with Crippen molar-refractivity contribution in [2.24, 2.45) is 16.5 Å². The lowest BCUT2D eigenvalue weighted by Gasteiger charge is -2.25. The molecular formula is C13H11F5N4O2. The molecule has 0 saturated heterocycles. The highest BCUT2D eigenvalue weighted by atomic mass is 19.4. The van der Waals surface area contributed by atoms with Crippen LogP contribution >= 0.6 is 0 Å². The fourth-order valence-electron chi connectivity index (χ4n) is 2.44. The van der Waals surface area contributed by atoms with Gasteiger partial charge in [-0.3, -0.25) is 9.59 Å². The molecule has 1 aromatic rings. The number of guanidine groups is 1. The lowest BCUT2D eigenvalue weighted by Crippen LogP contribution is -2.37. The molecule has 1 aliphatic rings. The van der Waals surface area contributed by atoms with Crippen LogP contribution in [0.5, 0.6) is 0 Å². The number of amides is 2. The molecule has 1 heterocycles. The molecule has 0 radical (unpaired) electrons. The van der Waals surface area contributed by atoms with Gasteiger partial charge in [0.1, 0.15) is 6.54 Å². The summed E-state index contributed by atoms with van der Waals surface area (Å²) < 4.78 is 64.8. The van der Waals surface area contributed by atoms with E-state index in [4.69, 9.17) is 11.5 Å². The van der Waals surface area contributed by atoms with Gasteiger partial charge in [0.25, 0.3) is 11.8 Å². The minimum Gasteiger partial charge on any atom is -0.370 e. The van der Waals surface area contributed by atoms with E-state index in [1.807, 2.05) is 0 Å². The summed E-state index contributed by atoms with van der Waals surface area (Å²) >= 11 is 0. The van der Waals surface area contributed by atoms with Crippen LogP contribution in [0.1, 0.15) is 28.4 Å². The first-order chi connectivity index (χ1) is 11.0. The minimum absolute atomic E-state index is 0.234. The molecule has 0 saturated carbocycles. The van der Waals surface area contributed by atoms with Crippen LogP contribution in [0.4, 0.5) is 22.0 Å². The number of hydrogen-bond donors (Lipinski definition) is 2. The molecule has 2 amide bonds. The van der Waals surface area contributed by atoms with Crippen LogP contribution in [0.3, 0.4) is 0 Å². The molecule has 6 nitrogen and oxygen atoms in total. The van der Waals surface area contributed by atoms with Crippen molar-refractivity contribution in [2.75, 3.05) is 6.54 Å². The van der Waals surface area contributed by atoms with Crippen molar-refractivity contribution in [3.05, 3.63) is 34.9 Å². The number of hydrogen-bond acceptors (Lipinski definition) is 2. The molecule has 11 heteroatoms. The first-order valence-electron chi connectivity index (χ1n) is 6.48. The molecule has 24 heavy (non-hydrogen) atoms. The van der Waals surface area contributed by atoms with E-state index in [9.17, 15) is 31.5 Å². The number of fused-ring (bicyclic) bond motifs is 1. The first kappa shape index (κ1) is 17.6. The molecule has 0 fully saturated rings. The lowest BCUT2D eigenvalue weighted by atomic mass is 10.0. The van der Waals surface area contributed by atoms with Crippen molar-refractivity contribution in [2.45, 2.75) is 18.6 Å². The number of rotatable bonds is 3. The highest BCUT2D eigenvalue weighted by Gasteiger charge is 2.44. The van der Waals surface area contributed by atoms with Crippen molar-refractivity contribution < 1.29 is 31.5 Å². The second-order valence-corrected chi connectivity index (χ2v) is 5.05. The standard InChI is InChI=1S/C13H11F5N4O2/c14-7-1-5-6(2-8(7)15)11(24)22(4-13(16,17)18)9(5)3-10(23)21-12(19)20/h1-2,9H,3-4H2,(H4,19,20,21,23). The van der Waals surface area contributed by atoms with Gasteiger partial charge in [-0.15, -0.1) is 0 Å². The summed E-state index contributed by atoms with van der Waals surface area (Å²) in [6, 6.07) is -0.367. The Morgan fingerprint density at radius 2 is 1.79 bits per heavy atom. The largest absolute Gasteiger partial charge is 0.406 e. The molecule has 1 aromatic carbocycles. The van der Waals surface area contributed by atoms with Crippen molar-refractivity contribution >= 4 is 17.8 Å². The van der Waals surface area contributed by atoms with Gasteiger partial charge in [0.15, 0.2) is 17.6 Å². The van der Waals surface area contributed by atoms with E-state index in [2.05, 4.69) is 4.99 Å². The van der Waals surface area contributed by atoms with E-state index < -0.39 is 60.2 Å². The number of nitrogens with two attached hydrogens (primary N) is 2. The Balaban J connectivity index is 2.45. The maximum atomic E-state index is 13.4. The monoisotopic (exact) mass is 350 g/mol. The van der Waals surface area contributed by atoms with E-state index in [1.54, 1.807) is 0 Å². The van der Waals surface area contributed by atoms with Gasteiger partial charge in [-0.25, -0.2) is 8.78 Å². The van der Waals surface area contributed by atoms with Crippen molar-refractivity contribution in [3.63, 3.8) is 0 Å². The second-order valence-electron chi connectivity index (χ2n) is 5.05. The summed E-state index contributed by atoms with van der Waals surface area (Å²) in [7, 11) is 0. The van der Waals surface area contributed by atoms with Gasteiger partial charge in [-0.1, -0.05) is 0 Å². The highest BCUT2D eigenvalue weighted by molar-refractivity contribution is 6.00. The maximum absolute atomic E-state index is 13.4. The summed E-state index contributed by atoms with van der Waals surface area (Å²) in [5.74, 6) is -5.52. The Labute approximate surface area is 131 Å². The third-order valence-electron chi connectivity index (χ3n) is 3.29. The lowest BCUT2D eigenvalue weighted by molar-refractivity contribution is -0.145. The third kappa shape index (κ3) is 3.60. The molecule has 0 bridgehead atoms. The summed E-state index contributed by atoms with van der Waals surface area (Å²) in [5.41, 5.74) is 9.34. The van der Waals surface area contributed by atoms with E-state index >= 15 is 0 Å². The highest BCUT2D eigenvalue weighted by Crippen LogP contribution is 2.39. The Morgan fingerprint density at radius 3 is 2.33 bits per heavy atom. The molecular weight excluding hydrogens is 339 g/mol. The number of aliphatic imine (C=N–C) groups is 1. The van der Waals surface area contributed by atoms with E-state index in [-0.39, 0.29) is 5.56 Å². The molecule has 0 aromatic heterocycles. The molecule has 0 aliphatic carbocycles. The number of nitrogens with zero attached hydrogens (tertiary/aromatic N) is 2. The van der Waals surface area contributed by atoms with E-state index in [1.165, 1.54) is 0 Å². The maximum Gasteiger partial charge on any atom is 0.406 e. The number of carbonyl (C=O) groups is 2. The van der Waals surface area contributed by atoms with E-state index in [0.29, 0.717) is 17.0 Å². The normalized spacial score (nSPS) is 17.0. The van der Waals surface area contributed by atoms with E-state index in [0.717, 1.165) is 0 Å². The quantitative estimate of drug-likeness (QED) is 0.486. The van der Waals surface area contributed by atoms with Crippen molar-refractivity contribution in [3.8, 4) is 0 Å². The minimum atomic E-state index is -4.77. The molecule has 1 atom stereocenters. The number of benzene rings is 1. The van der Waals surface area contributed by atoms with Gasteiger partial charge in [0.2, 0.25) is 0 Å². The predicted octanol–water partition coefficient (Wildman–Crippen LogP) is 1.21. The van der Waals surface area contributed by atoms with Crippen LogP contribution in [0.15, 0.2) is 17.1 Å². The summed E-state index contributed by atoms with van der Waals surface area (Å²) in [6.45, 7) is -1.69. The van der Waals surface area contributed by atoms with Gasteiger partial charge in [0, 0.05) is 5.56 Å². The fraction of sp³-hybridized carbons (Fsp3) is 0.308. The average molecular weight is 350 g/mol. The molecule has 0 spiro atoms. The SMILES string of the molecule is NC(N)=NC(=O)CC1c2cc(F)c(F)cc2C(=O)N1CC(F)(F)F. The Morgan fingerprint density at radius 1 is 1.21 bits per heavy atom. The Kier molecular flexibility index (Phi) is 4.45. The average Bonchev–Trinajstić information content (AvgIpc) is 2.63. The van der Waals surface area contributed by atoms with Gasteiger partial charge in [-0.05, 0) is 17.7 Å². The zero-order valence-corrected chi connectivity index (χ0v) is 11.9. The van der Waals surface area contributed by atoms with Crippen LogP contribution in [-0.2, 0) is 4.79 Å². The number of carbonyl (C=O) groups excluding carboxylic acids is 2. The topological polar surface area (TPSA) is 102 Å². The summed E-state index contributed by atoms with van der Waals surface area (Å²) in [4.78, 5) is 27.2. The molecule has 4 N–H and O–H groups in total. The number of halogens is 5. The zero-order valence-electron chi connectivity index (χ0n) is 11.9. The molecule has 130 valence electrons. The molecule has 1 aliphatic heterocycles. The van der Waals surface area contributed by atoms with Crippen LogP contribution in [-0.4, -0.2) is 35.4 Å². The Bertz CT molecular complexity index is 728. The van der Waals surface area contributed by atoms with Gasteiger partial charge >= 0.3 is 6.18 Å². The van der Waals surface area contributed by atoms with Gasteiger partial charge in [-0.2, -0.15) is 18.2 Å². The van der Waals surface area contributed by atoms with Gasteiger partial charge < -0.3 is 16.4 Å².